The maximum atomic E-state index is 5.94. The van der Waals surface area contributed by atoms with Crippen LogP contribution in [0.1, 0.15) is 17.0 Å². The summed E-state index contributed by atoms with van der Waals surface area (Å²) < 4.78 is 1.90. The van der Waals surface area contributed by atoms with Crippen molar-refractivity contribution in [3.63, 3.8) is 0 Å². The zero-order chi connectivity index (χ0) is 15.5. The van der Waals surface area contributed by atoms with E-state index in [0.717, 1.165) is 17.2 Å². The molecule has 120 valence electrons. The first kappa shape index (κ1) is 17.2. The Labute approximate surface area is 151 Å². The number of aryl methyl sites for hydroxylation is 2. The fourth-order valence-corrected chi connectivity index (χ4v) is 2.16. The number of halogens is 1. The molecular weight excluding hydrogens is 403 g/mol. The number of nitrogens with two attached hydrogens (primary N) is 1. The molecule has 0 saturated heterocycles. The van der Waals surface area contributed by atoms with Gasteiger partial charge in [0.25, 0.3) is 0 Å². The number of aliphatic imine (C=N–C) groups is 1. The Bertz CT molecular complexity index is 839. The van der Waals surface area contributed by atoms with E-state index in [1.807, 2.05) is 40.9 Å². The Morgan fingerprint density at radius 1 is 1.17 bits per heavy atom. The van der Waals surface area contributed by atoms with Gasteiger partial charge in [0.05, 0.1) is 0 Å². The number of anilines is 1. The number of fused-ring (bicyclic) bond motifs is 1. The molecule has 0 atom stereocenters. The molecule has 3 aromatic rings. The van der Waals surface area contributed by atoms with Crippen LogP contribution in [0.3, 0.4) is 0 Å². The predicted octanol–water partition coefficient (Wildman–Crippen LogP) is 2.89. The molecule has 0 amide bonds. The molecule has 0 aliphatic carbocycles. The first-order valence-electron chi connectivity index (χ1n) is 7.06. The van der Waals surface area contributed by atoms with Crippen LogP contribution in [0, 0.1) is 13.8 Å². The summed E-state index contributed by atoms with van der Waals surface area (Å²) in [5, 5.41) is 11.3. The van der Waals surface area contributed by atoms with Crippen LogP contribution in [-0.2, 0) is 6.54 Å². The van der Waals surface area contributed by atoms with E-state index in [-0.39, 0.29) is 24.0 Å². The number of nitrogens with zero attached hydrogens (tertiary/aromatic N) is 4. The smallest absolute Gasteiger partial charge is 0.193 e. The van der Waals surface area contributed by atoms with E-state index in [0.29, 0.717) is 12.5 Å². The molecule has 3 rings (SSSR count). The van der Waals surface area contributed by atoms with Gasteiger partial charge in [-0.25, -0.2) is 4.99 Å². The number of hydrogen-bond donors (Lipinski definition) is 2. The Kier molecular flexibility index (Phi) is 5.54. The number of aromatic nitrogens is 3. The van der Waals surface area contributed by atoms with Crippen LogP contribution < -0.4 is 11.1 Å². The molecule has 3 N–H and O–H groups in total. The van der Waals surface area contributed by atoms with E-state index < -0.39 is 0 Å². The summed E-state index contributed by atoms with van der Waals surface area (Å²) >= 11 is 0. The van der Waals surface area contributed by atoms with Crippen molar-refractivity contribution >= 4 is 41.3 Å². The molecule has 23 heavy (non-hydrogen) atoms. The molecule has 0 saturated carbocycles. The fraction of sp³-hybridized carbons (Fsp3) is 0.188. The Morgan fingerprint density at radius 3 is 2.78 bits per heavy atom. The van der Waals surface area contributed by atoms with Crippen molar-refractivity contribution in [1.82, 2.24) is 14.6 Å². The van der Waals surface area contributed by atoms with Gasteiger partial charge < -0.3 is 11.1 Å². The number of hydrogen-bond acceptors (Lipinski definition) is 3. The lowest BCUT2D eigenvalue weighted by Crippen LogP contribution is -2.22. The van der Waals surface area contributed by atoms with E-state index in [1.165, 1.54) is 11.1 Å². The van der Waals surface area contributed by atoms with E-state index >= 15 is 0 Å². The normalized spacial score (nSPS) is 11.3. The third kappa shape index (κ3) is 3.98. The summed E-state index contributed by atoms with van der Waals surface area (Å²) in [6, 6.07) is 11.8. The van der Waals surface area contributed by atoms with Gasteiger partial charge in [0, 0.05) is 11.9 Å². The largest absolute Gasteiger partial charge is 0.370 e. The lowest BCUT2D eigenvalue weighted by Gasteiger charge is -2.07. The number of rotatable bonds is 3. The summed E-state index contributed by atoms with van der Waals surface area (Å²) in [6.07, 6.45) is 1.91. The maximum absolute atomic E-state index is 5.94. The van der Waals surface area contributed by atoms with Crippen LogP contribution in [0.15, 0.2) is 47.6 Å². The van der Waals surface area contributed by atoms with Crippen LogP contribution in [0.4, 0.5) is 5.69 Å². The molecule has 0 bridgehead atoms. The predicted molar refractivity (Wildman–Crippen MR) is 103 cm³/mol. The number of pyridine rings is 1. The van der Waals surface area contributed by atoms with Crippen molar-refractivity contribution in [2.24, 2.45) is 10.7 Å². The van der Waals surface area contributed by atoms with Gasteiger partial charge in [-0.3, -0.25) is 4.40 Å². The van der Waals surface area contributed by atoms with Crippen LogP contribution in [-0.4, -0.2) is 20.6 Å². The molecule has 0 spiro atoms. The Morgan fingerprint density at radius 2 is 2.00 bits per heavy atom. The molecule has 0 radical (unpaired) electrons. The van der Waals surface area contributed by atoms with E-state index in [1.54, 1.807) is 0 Å². The maximum Gasteiger partial charge on any atom is 0.193 e. The summed E-state index contributed by atoms with van der Waals surface area (Å²) in [7, 11) is 0. The second kappa shape index (κ2) is 7.40. The third-order valence-corrected chi connectivity index (χ3v) is 3.55. The first-order chi connectivity index (χ1) is 10.6. The average molecular weight is 422 g/mol. The zero-order valence-corrected chi connectivity index (χ0v) is 15.4. The molecule has 0 aliphatic heterocycles. The van der Waals surface area contributed by atoms with Gasteiger partial charge in [0.1, 0.15) is 6.54 Å². The van der Waals surface area contributed by atoms with Crippen molar-refractivity contribution < 1.29 is 0 Å². The van der Waals surface area contributed by atoms with E-state index in [2.05, 4.69) is 40.4 Å². The lowest BCUT2D eigenvalue weighted by atomic mass is 10.1. The van der Waals surface area contributed by atoms with Crippen LogP contribution >= 0.6 is 24.0 Å². The van der Waals surface area contributed by atoms with Gasteiger partial charge in [-0.1, -0.05) is 12.1 Å². The number of benzene rings is 1. The zero-order valence-electron chi connectivity index (χ0n) is 13.0. The van der Waals surface area contributed by atoms with Crippen molar-refractivity contribution in [3.05, 3.63) is 59.5 Å². The summed E-state index contributed by atoms with van der Waals surface area (Å²) in [5.74, 6) is 1.11. The molecule has 6 nitrogen and oxygen atoms in total. The highest BCUT2D eigenvalue weighted by Gasteiger charge is 2.04. The molecule has 0 fully saturated rings. The van der Waals surface area contributed by atoms with E-state index in [4.69, 9.17) is 5.73 Å². The second-order valence-electron chi connectivity index (χ2n) is 5.17. The quantitative estimate of drug-likeness (QED) is 0.387. The topological polar surface area (TPSA) is 80.6 Å². The summed E-state index contributed by atoms with van der Waals surface area (Å²) in [4.78, 5) is 4.32. The van der Waals surface area contributed by atoms with Gasteiger partial charge in [-0.05, 0) is 49.2 Å². The van der Waals surface area contributed by atoms with Gasteiger partial charge in [-0.15, -0.1) is 34.2 Å². The van der Waals surface area contributed by atoms with Crippen LogP contribution in [0.25, 0.3) is 5.65 Å². The van der Waals surface area contributed by atoms with Crippen molar-refractivity contribution in [2.75, 3.05) is 5.32 Å². The third-order valence-electron chi connectivity index (χ3n) is 3.55. The first-order valence-corrected chi connectivity index (χ1v) is 7.06. The molecule has 0 aliphatic rings. The summed E-state index contributed by atoms with van der Waals surface area (Å²) in [5.41, 5.74) is 10.1. The highest BCUT2D eigenvalue weighted by atomic mass is 127. The average Bonchev–Trinajstić information content (AvgIpc) is 2.92. The van der Waals surface area contributed by atoms with Crippen molar-refractivity contribution in [1.29, 1.82) is 0 Å². The second-order valence-corrected chi connectivity index (χ2v) is 5.17. The molecular formula is C16H19IN6. The lowest BCUT2D eigenvalue weighted by molar-refractivity contribution is 0.881. The minimum atomic E-state index is 0. The van der Waals surface area contributed by atoms with Gasteiger partial charge in [0.2, 0.25) is 0 Å². The molecule has 2 heterocycles. The van der Waals surface area contributed by atoms with Gasteiger partial charge in [-0.2, -0.15) is 0 Å². The van der Waals surface area contributed by atoms with Crippen molar-refractivity contribution in [2.45, 2.75) is 20.4 Å². The standard InChI is InChI=1S/C16H18N6.HI/c1-11-6-7-13(9-12(11)2)19-16(17)18-10-15-21-20-14-5-3-4-8-22(14)15;/h3-9H,10H2,1-2H3,(H3,17,18,19);1H. The number of guanidine groups is 1. The highest BCUT2D eigenvalue weighted by molar-refractivity contribution is 14.0. The molecule has 2 aromatic heterocycles. The Hall–Kier alpha value is -2.16. The molecule has 0 unspecified atom stereocenters. The monoisotopic (exact) mass is 422 g/mol. The van der Waals surface area contributed by atoms with E-state index in [9.17, 15) is 0 Å². The SMILES string of the molecule is Cc1ccc(NC(N)=NCc2nnc3ccccn23)cc1C.I. The molecule has 1 aromatic carbocycles. The highest BCUT2D eigenvalue weighted by Crippen LogP contribution is 2.13. The van der Waals surface area contributed by atoms with Gasteiger partial charge in [0.15, 0.2) is 17.4 Å². The Balaban J connectivity index is 0.00000192. The minimum absolute atomic E-state index is 0. The minimum Gasteiger partial charge on any atom is -0.370 e. The van der Waals surface area contributed by atoms with Crippen molar-refractivity contribution in [3.8, 4) is 0 Å². The summed E-state index contributed by atoms with van der Waals surface area (Å²) in [6.45, 7) is 4.51. The fourth-order valence-electron chi connectivity index (χ4n) is 2.16. The van der Waals surface area contributed by atoms with Crippen LogP contribution in [0.5, 0.6) is 0 Å². The number of nitrogens with one attached hydrogen (secondary N) is 1. The van der Waals surface area contributed by atoms with Crippen LogP contribution in [0.2, 0.25) is 0 Å². The van der Waals surface area contributed by atoms with Gasteiger partial charge >= 0.3 is 0 Å². The molecule has 7 heteroatoms.